The number of nitrogen functional groups attached to an aromatic ring is 1. The number of nitrogens with two attached hydrogens (primary N) is 1. The van der Waals surface area contributed by atoms with Gasteiger partial charge < -0.3 is 10.8 Å². The Morgan fingerprint density at radius 3 is 2.59 bits per heavy atom. The van der Waals surface area contributed by atoms with Crippen LogP contribution in [0.25, 0.3) is 0 Å². The second-order valence-electron chi connectivity index (χ2n) is 5.43. The normalized spacial score (nSPS) is 32.9. The van der Waals surface area contributed by atoms with Crippen LogP contribution in [0.4, 0.5) is 5.69 Å². The minimum Gasteiger partial charge on any atom is -0.399 e. The van der Waals surface area contributed by atoms with Crippen molar-refractivity contribution in [3.05, 3.63) is 29.8 Å². The van der Waals surface area contributed by atoms with Crippen LogP contribution in [-0.4, -0.2) is 28.2 Å². The van der Waals surface area contributed by atoms with E-state index in [2.05, 4.69) is 17.0 Å². The van der Waals surface area contributed by atoms with E-state index in [1.54, 1.807) is 0 Å². The van der Waals surface area contributed by atoms with Crippen LogP contribution in [0.5, 0.6) is 0 Å². The maximum atomic E-state index is 9.77. The molecule has 2 aliphatic heterocycles. The number of anilines is 1. The average molecular weight is 232 g/mol. The average Bonchev–Trinajstić information content (AvgIpc) is 2.54. The highest BCUT2D eigenvalue weighted by Gasteiger charge is 2.39. The number of hydrogen-bond acceptors (Lipinski definition) is 3. The summed E-state index contributed by atoms with van der Waals surface area (Å²) in [6.45, 7) is 0.979. The van der Waals surface area contributed by atoms with Crippen molar-refractivity contribution in [3.8, 4) is 0 Å². The van der Waals surface area contributed by atoms with Gasteiger partial charge in [-0.2, -0.15) is 0 Å². The zero-order chi connectivity index (χ0) is 11.8. The molecule has 1 aromatic carbocycles. The molecule has 1 aromatic rings. The third-order valence-corrected chi connectivity index (χ3v) is 4.18. The standard InChI is InChI=1S/C14H20N2O/c15-11-3-1-2-10(6-11)9-16-12-4-5-13(16)8-14(17)7-12/h1-3,6,12-14,17H,4-5,7-9,15H2. The lowest BCUT2D eigenvalue weighted by Crippen LogP contribution is -2.44. The van der Waals surface area contributed by atoms with Crippen LogP contribution in [0.3, 0.4) is 0 Å². The summed E-state index contributed by atoms with van der Waals surface area (Å²) in [6, 6.07) is 9.30. The molecule has 0 saturated carbocycles. The predicted octanol–water partition coefficient (Wildman–Crippen LogP) is 1.76. The molecule has 0 aliphatic carbocycles. The first kappa shape index (κ1) is 11.1. The van der Waals surface area contributed by atoms with E-state index in [9.17, 15) is 5.11 Å². The van der Waals surface area contributed by atoms with Gasteiger partial charge in [-0.3, -0.25) is 4.90 Å². The molecule has 2 fully saturated rings. The third-order valence-electron chi connectivity index (χ3n) is 4.18. The summed E-state index contributed by atoms with van der Waals surface area (Å²) in [5.41, 5.74) is 7.94. The number of rotatable bonds is 2. The highest BCUT2D eigenvalue weighted by Crippen LogP contribution is 2.36. The minimum absolute atomic E-state index is 0.0791. The Balaban J connectivity index is 1.74. The number of piperidine rings is 1. The second kappa shape index (κ2) is 4.31. The molecule has 3 N–H and O–H groups in total. The lowest BCUT2D eigenvalue weighted by Gasteiger charge is -2.37. The maximum Gasteiger partial charge on any atom is 0.0570 e. The summed E-state index contributed by atoms with van der Waals surface area (Å²) in [4.78, 5) is 2.56. The van der Waals surface area contributed by atoms with Crippen molar-refractivity contribution < 1.29 is 5.11 Å². The smallest absolute Gasteiger partial charge is 0.0570 e. The summed E-state index contributed by atoms with van der Waals surface area (Å²) < 4.78 is 0. The van der Waals surface area contributed by atoms with Crippen LogP contribution in [0.2, 0.25) is 0 Å². The molecule has 0 radical (unpaired) electrons. The number of hydrogen-bond donors (Lipinski definition) is 2. The zero-order valence-corrected chi connectivity index (χ0v) is 10.0. The highest BCUT2D eigenvalue weighted by atomic mass is 16.3. The van der Waals surface area contributed by atoms with E-state index in [4.69, 9.17) is 5.73 Å². The molecule has 2 unspecified atom stereocenters. The van der Waals surface area contributed by atoms with Gasteiger partial charge in [0.05, 0.1) is 6.10 Å². The van der Waals surface area contributed by atoms with Gasteiger partial charge in [-0.1, -0.05) is 12.1 Å². The maximum absolute atomic E-state index is 9.77. The molecule has 2 bridgehead atoms. The van der Waals surface area contributed by atoms with Crippen molar-refractivity contribution in [1.29, 1.82) is 0 Å². The molecular formula is C14H20N2O. The molecule has 0 spiro atoms. The third kappa shape index (κ3) is 2.17. The molecule has 2 atom stereocenters. The molecule has 3 heteroatoms. The van der Waals surface area contributed by atoms with Gasteiger partial charge in [-0.05, 0) is 43.4 Å². The van der Waals surface area contributed by atoms with Crippen molar-refractivity contribution in [2.45, 2.75) is 50.4 Å². The van der Waals surface area contributed by atoms with E-state index in [-0.39, 0.29) is 6.10 Å². The van der Waals surface area contributed by atoms with E-state index in [0.717, 1.165) is 25.1 Å². The van der Waals surface area contributed by atoms with Crippen LogP contribution in [0.15, 0.2) is 24.3 Å². The van der Waals surface area contributed by atoms with E-state index >= 15 is 0 Å². The monoisotopic (exact) mass is 232 g/mol. The quantitative estimate of drug-likeness (QED) is 0.764. The van der Waals surface area contributed by atoms with Gasteiger partial charge in [0.1, 0.15) is 0 Å². The molecule has 3 rings (SSSR count). The molecular weight excluding hydrogens is 212 g/mol. The van der Waals surface area contributed by atoms with Gasteiger partial charge in [0.15, 0.2) is 0 Å². The molecule has 0 aromatic heterocycles. The largest absolute Gasteiger partial charge is 0.399 e. The molecule has 92 valence electrons. The summed E-state index contributed by atoms with van der Waals surface area (Å²) in [6.07, 6.45) is 4.29. The van der Waals surface area contributed by atoms with Crippen LogP contribution >= 0.6 is 0 Å². The number of fused-ring (bicyclic) bond motifs is 2. The fourth-order valence-electron chi connectivity index (χ4n) is 3.41. The molecule has 2 aliphatic rings. The summed E-state index contributed by atoms with van der Waals surface area (Å²) in [5.74, 6) is 0. The van der Waals surface area contributed by atoms with Gasteiger partial charge in [0.2, 0.25) is 0 Å². The minimum atomic E-state index is -0.0791. The van der Waals surface area contributed by atoms with Crippen molar-refractivity contribution in [2.75, 3.05) is 5.73 Å². The van der Waals surface area contributed by atoms with Gasteiger partial charge >= 0.3 is 0 Å². The zero-order valence-electron chi connectivity index (χ0n) is 10.0. The Morgan fingerprint density at radius 1 is 1.24 bits per heavy atom. The van der Waals surface area contributed by atoms with Crippen LogP contribution in [-0.2, 0) is 6.54 Å². The van der Waals surface area contributed by atoms with Crippen LogP contribution < -0.4 is 5.73 Å². The SMILES string of the molecule is Nc1cccc(CN2C3CCC2CC(O)C3)c1. The Bertz CT molecular complexity index is 393. The first-order valence-corrected chi connectivity index (χ1v) is 6.50. The topological polar surface area (TPSA) is 49.5 Å². The molecule has 2 heterocycles. The van der Waals surface area contributed by atoms with Crippen molar-refractivity contribution >= 4 is 5.69 Å². The van der Waals surface area contributed by atoms with Crippen LogP contribution in [0.1, 0.15) is 31.2 Å². The first-order valence-electron chi connectivity index (χ1n) is 6.50. The van der Waals surface area contributed by atoms with Crippen LogP contribution in [0, 0.1) is 0 Å². The highest BCUT2D eigenvalue weighted by molar-refractivity contribution is 5.40. The van der Waals surface area contributed by atoms with E-state index < -0.39 is 0 Å². The Kier molecular flexibility index (Phi) is 2.81. The molecule has 3 nitrogen and oxygen atoms in total. The summed E-state index contributed by atoms with van der Waals surface area (Å²) in [5, 5.41) is 9.77. The Morgan fingerprint density at radius 2 is 1.94 bits per heavy atom. The number of aliphatic hydroxyl groups is 1. The number of nitrogens with zero attached hydrogens (tertiary/aromatic N) is 1. The van der Waals surface area contributed by atoms with E-state index in [1.807, 2.05) is 12.1 Å². The van der Waals surface area contributed by atoms with Gasteiger partial charge in [0.25, 0.3) is 0 Å². The van der Waals surface area contributed by atoms with Gasteiger partial charge in [-0.25, -0.2) is 0 Å². The molecule has 2 saturated heterocycles. The Hall–Kier alpha value is -1.06. The van der Waals surface area contributed by atoms with E-state index in [1.165, 1.54) is 18.4 Å². The lowest BCUT2D eigenvalue weighted by atomic mass is 9.99. The first-order chi connectivity index (χ1) is 8.22. The van der Waals surface area contributed by atoms with Crippen molar-refractivity contribution in [3.63, 3.8) is 0 Å². The van der Waals surface area contributed by atoms with Gasteiger partial charge in [0, 0.05) is 24.3 Å². The lowest BCUT2D eigenvalue weighted by molar-refractivity contribution is 0.0310. The summed E-state index contributed by atoms with van der Waals surface area (Å²) in [7, 11) is 0. The molecule has 17 heavy (non-hydrogen) atoms. The predicted molar refractivity (Wildman–Crippen MR) is 68.4 cm³/mol. The van der Waals surface area contributed by atoms with Crippen molar-refractivity contribution in [2.24, 2.45) is 0 Å². The Labute approximate surface area is 102 Å². The fraction of sp³-hybridized carbons (Fsp3) is 0.571. The van der Waals surface area contributed by atoms with E-state index in [0.29, 0.717) is 12.1 Å². The fourth-order valence-corrected chi connectivity index (χ4v) is 3.41. The van der Waals surface area contributed by atoms with Crippen molar-refractivity contribution in [1.82, 2.24) is 4.90 Å². The number of aliphatic hydroxyl groups excluding tert-OH is 1. The number of benzene rings is 1. The molecule has 0 amide bonds. The second-order valence-corrected chi connectivity index (χ2v) is 5.43. The van der Waals surface area contributed by atoms with Gasteiger partial charge in [-0.15, -0.1) is 0 Å². The summed E-state index contributed by atoms with van der Waals surface area (Å²) >= 11 is 0.